The molecule has 0 spiro atoms. The van der Waals surface area contributed by atoms with Crippen LogP contribution in [-0.2, 0) is 15.3 Å². The zero-order valence-corrected chi connectivity index (χ0v) is 18.1. The molecule has 0 radical (unpaired) electrons. The first-order valence-corrected chi connectivity index (χ1v) is 11.3. The summed E-state index contributed by atoms with van der Waals surface area (Å²) in [5.74, 6) is 0.511. The smallest absolute Gasteiger partial charge is 0.272 e. The van der Waals surface area contributed by atoms with Crippen molar-refractivity contribution in [3.63, 3.8) is 0 Å². The molecule has 4 nitrogen and oxygen atoms in total. The minimum absolute atomic E-state index is 0.308. The van der Waals surface area contributed by atoms with E-state index in [1.54, 1.807) is 12.1 Å². The molecule has 0 atom stereocenters. The Morgan fingerprint density at radius 3 is 2.16 bits per heavy atom. The van der Waals surface area contributed by atoms with Crippen LogP contribution in [0.3, 0.4) is 0 Å². The lowest BCUT2D eigenvalue weighted by atomic mass is 10.1. The summed E-state index contributed by atoms with van der Waals surface area (Å²) >= 11 is 1.40. The van der Waals surface area contributed by atoms with Crippen LogP contribution in [0.2, 0.25) is 0 Å². The minimum Gasteiger partial charge on any atom is -0.491 e. The quantitative estimate of drug-likeness (QED) is 0.431. The van der Waals surface area contributed by atoms with E-state index in [-0.39, 0.29) is 11.8 Å². The van der Waals surface area contributed by atoms with Gasteiger partial charge in [-0.05, 0) is 29.7 Å². The zero-order chi connectivity index (χ0) is 21.6. The van der Waals surface area contributed by atoms with Crippen LogP contribution in [0.25, 0.3) is 5.57 Å². The molecule has 31 heavy (non-hydrogen) atoms. The molecule has 3 aromatic rings. The van der Waals surface area contributed by atoms with Crippen LogP contribution in [-0.4, -0.2) is 18.4 Å². The predicted molar refractivity (Wildman–Crippen MR) is 126 cm³/mol. The molecule has 1 aliphatic rings. The van der Waals surface area contributed by atoms with E-state index in [0.717, 1.165) is 17.5 Å². The van der Waals surface area contributed by atoms with E-state index in [4.69, 9.17) is 4.74 Å². The van der Waals surface area contributed by atoms with Crippen LogP contribution in [0.4, 0.5) is 5.69 Å². The summed E-state index contributed by atoms with van der Waals surface area (Å²) in [4.78, 5) is 28.8. The summed E-state index contributed by atoms with van der Waals surface area (Å²) < 4.78 is 5.83. The Labute approximate surface area is 186 Å². The van der Waals surface area contributed by atoms with Crippen LogP contribution in [0.5, 0.6) is 5.75 Å². The second-order valence-corrected chi connectivity index (χ2v) is 8.09. The molecule has 0 unspecified atom stereocenters. The average Bonchev–Trinajstić information content (AvgIpc) is 3.07. The number of hydrogen-bond acceptors (Lipinski definition) is 4. The molecule has 5 heteroatoms. The van der Waals surface area contributed by atoms with Crippen molar-refractivity contribution >= 4 is 34.8 Å². The summed E-state index contributed by atoms with van der Waals surface area (Å²) in [5, 5.41) is 0. The molecular formula is C26H23NO3S. The number of para-hydroxylation sites is 2. The lowest BCUT2D eigenvalue weighted by Gasteiger charge is -2.19. The van der Waals surface area contributed by atoms with Crippen LogP contribution in [0, 0.1) is 0 Å². The molecule has 0 saturated carbocycles. The topological polar surface area (TPSA) is 46.6 Å². The Hall–Kier alpha value is -3.31. The van der Waals surface area contributed by atoms with Crippen LogP contribution in [0.1, 0.15) is 24.5 Å². The molecule has 0 N–H and O–H groups in total. The van der Waals surface area contributed by atoms with Gasteiger partial charge in [-0.2, -0.15) is 0 Å². The number of rotatable bonds is 8. The maximum absolute atomic E-state index is 13.5. The van der Waals surface area contributed by atoms with Crippen molar-refractivity contribution in [2.45, 2.75) is 19.1 Å². The molecular weight excluding hydrogens is 406 g/mol. The Kier molecular flexibility index (Phi) is 6.53. The monoisotopic (exact) mass is 429 g/mol. The summed E-state index contributed by atoms with van der Waals surface area (Å²) in [5.41, 5.74) is 2.76. The van der Waals surface area contributed by atoms with Gasteiger partial charge in [-0.15, -0.1) is 11.8 Å². The highest BCUT2D eigenvalue weighted by Gasteiger charge is 2.41. The first-order chi connectivity index (χ1) is 15.2. The molecule has 1 heterocycles. The van der Waals surface area contributed by atoms with Crippen LogP contribution >= 0.6 is 11.8 Å². The molecule has 4 rings (SSSR count). The van der Waals surface area contributed by atoms with E-state index in [1.165, 1.54) is 16.7 Å². The highest BCUT2D eigenvalue weighted by Crippen LogP contribution is 2.42. The van der Waals surface area contributed by atoms with E-state index in [1.807, 2.05) is 79.7 Å². The number of benzene rings is 3. The van der Waals surface area contributed by atoms with Gasteiger partial charge < -0.3 is 4.74 Å². The third-order valence-electron chi connectivity index (χ3n) is 4.90. The Morgan fingerprint density at radius 1 is 0.806 bits per heavy atom. The third kappa shape index (κ3) is 4.42. The Balaban J connectivity index is 1.73. The van der Waals surface area contributed by atoms with Gasteiger partial charge in [-0.1, -0.05) is 79.7 Å². The number of ether oxygens (including phenoxy) is 1. The standard InChI is InChI=1S/C26H23NO3S/c1-2-17-30-22-16-10-9-15-21(22)27-25(28)23(20-13-7-4-8-14-20)24(26(27)29)31-18-19-11-5-3-6-12-19/h3-16H,2,17-18H2,1H3. The van der Waals surface area contributed by atoms with Gasteiger partial charge in [-0.3, -0.25) is 9.59 Å². The summed E-state index contributed by atoms with van der Waals surface area (Å²) in [6.07, 6.45) is 0.835. The average molecular weight is 430 g/mol. The number of thioether (sulfide) groups is 1. The predicted octanol–water partition coefficient (Wildman–Crippen LogP) is 5.69. The number of carbonyl (C=O) groups excluding carboxylic acids is 2. The fraction of sp³-hybridized carbons (Fsp3) is 0.154. The number of hydrogen-bond donors (Lipinski definition) is 0. The number of amides is 2. The number of imide groups is 1. The number of nitrogens with zero attached hydrogens (tertiary/aromatic N) is 1. The van der Waals surface area contributed by atoms with Crippen molar-refractivity contribution in [1.82, 2.24) is 0 Å². The lowest BCUT2D eigenvalue weighted by Crippen LogP contribution is -2.31. The maximum Gasteiger partial charge on any atom is 0.272 e. The van der Waals surface area contributed by atoms with E-state index in [2.05, 4.69) is 0 Å². The lowest BCUT2D eigenvalue weighted by molar-refractivity contribution is -0.119. The molecule has 3 aromatic carbocycles. The zero-order valence-electron chi connectivity index (χ0n) is 17.3. The highest BCUT2D eigenvalue weighted by atomic mass is 32.2. The summed E-state index contributed by atoms with van der Waals surface area (Å²) in [6.45, 7) is 2.53. The SMILES string of the molecule is CCCOc1ccccc1N1C(=O)C(SCc2ccccc2)=C(c2ccccc2)C1=O. The molecule has 0 aromatic heterocycles. The van der Waals surface area contributed by atoms with Crippen molar-refractivity contribution in [3.8, 4) is 5.75 Å². The Bertz CT molecular complexity index is 1110. The first kappa shape index (κ1) is 20.9. The third-order valence-corrected chi connectivity index (χ3v) is 6.04. The van der Waals surface area contributed by atoms with Crippen LogP contribution in [0.15, 0.2) is 89.8 Å². The van der Waals surface area contributed by atoms with Crippen molar-refractivity contribution in [2.75, 3.05) is 11.5 Å². The first-order valence-electron chi connectivity index (χ1n) is 10.3. The molecule has 2 amide bonds. The van der Waals surface area contributed by atoms with Gasteiger partial charge in [0.05, 0.1) is 22.8 Å². The van der Waals surface area contributed by atoms with E-state index in [9.17, 15) is 9.59 Å². The van der Waals surface area contributed by atoms with E-state index < -0.39 is 0 Å². The second kappa shape index (κ2) is 9.67. The van der Waals surface area contributed by atoms with Gasteiger partial charge >= 0.3 is 0 Å². The van der Waals surface area contributed by atoms with Crippen molar-refractivity contribution < 1.29 is 14.3 Å². The molecule has 0 saturated heterocycles. The van der Waals surface area contributed by atoms with Crippen molar-refractivity contribution in [3.05, 3.63) is 101 Å². The normalized spacial score (nSPS) is 13.8. The largest absolute Gasteiger partial charge is 0.491 e. The Morgan fingerprint density at radius 2 is 1.45 bits per heavy atom. The number of carbonyl (C=O) groups is 2. The molecule has 1 aliphatic heterocycles. The van der Waals surface area contributed by atoms with Gasteiger partial charge in [-0.25, -0.2) is 4.90 Å². The fourth-order valence-corrected chi connectivity index (χ4v) is 4.50. The van der Waals surface area contributed by atoms with Gasteiger partial charge in [0.1, 0.15) is 5.75 Å². The highest BCUT2D eigenvalue weighted by molar-refractivity contribution is 8.03. The molecule has 0 aliphatic carbocycles. The van der Waals surface area contributed by atoms with Crippen molar-refractivity contribution in [1.29, 1.82) is 0 Å². The van der Waals surface area contributed by atoms with Crippen LogP contribution < -0.4 is 9.64 Å². The minimum atomic E-state index is -0.320. The van der Waals surface area contributed by atoms with Gasteiger partial charge in [0.15, 0.2) is 0 Å². The van der Waals surface area contributed by atoms with Gasteiger partial charge in [0.25, 0.3) is 11.8 Å². The van der Waals surface area contributed by atoms with E-state index >= 15 is 0 Å². The second-order valence-electron chi connectivity index (χ2n) is 7.11. The number of anilines is 1. The summed E-state index contributed by atoms with van der Waals surface area (Å²) in [7, 11) is 0. The van der Waals surface area contributed by atoms with Crippen molar-refractivity contribution in [2.24, 2.45) is 0 Å². The van der Waals surface area contributed by atoms with Gasteiger partial charge in [0, 0.05) is 5.75 Å². The van der Waals surface area contributed by atoms with Gasteiger partial charge in [0.2, 0.25) is 0 Å². The molecule has 156 valence electrons. The summed E-state index contributed by atoms with van der Waals surface area (Å²) in [6, 6.07) is 26.5. The maximum atomic E-state index is 13.5. The van der Waals surface area contributed by atoms with E-state index in [0.29, 0.717) is 34.3 Å². The molecule has 0 bridgehead atoms. The fourth-order valence-electron chi connectivity index (χ4n) is 3.43. The molecule has 0 fully saturated rings.